The van der Waals surface area contributed by atoms with Gasteiger partial charge in [-0.3, -0.25) is 0 Å². The van der Waals surface area contributed by atoms with E-state index in [9.17, 15) is 0 Å². The van der Waals surface area contributed by atoms with Gasteiger partial charge in [0.05, 0.1) is 0 Å². The zero-order valence-corrected chi connectivity index (χ0v) is 7.20. The summed E-state index contributed by atoms with van der Waals surface area (Å²) in [6.07, 6.45) is 0. The molecule has 0 unspecified atom stereocenters. The molecule has 0 spiro atoms. The Hall–Kier alpha value is 1.26. The van der Waals surface area contributed by atoms with Crippen molar-refractivity contribution in [1.29, 1.82) is 0 Å². The Labute approximate surface area is 52.7 Å². The Bertz CT molecular complexity index is 8.00. The van der Waals surface area contributed by atoms with Gasteiger partial charge in [-0.2, -0.15) is 0 Å². The second-order valence-electron chi connectivity index (χ2n) is 0. The molecular formula is H3AlOSiTi. The molecule has 20 valence electrons. The van der Waals surface area contributed by atoms with Crippen molar-refractivity contribution in [2.24, 2.45) is 0 Å². The topological polar surface area (TPSA) is 17.1 Å². The minimum atomic E-state index is 0. The van der Waals surface area contributed by atoms with Crippen LogP contribution in [-0.2, 0) is 25.5 Å². The summed E-state index contributed by atoms with van der Waals surface area (Å²) in [6.45, 7) is 0. The summed E-state index contributed by atoms with van der Waals surface area (Å²) in [4.78, 5) is 0. The van der Waals surface area contributed by atoms with Crippen LogP contribution in [0.15, 0.2) is 0 Å². The normalized spacial score (nSPS) is 0.750. The fourth-order valence-corrected chi connectivity index (χ4v) is 0. The van der Waals surface area contributed by atoms with E-state index in [-0.39, 0.29) is 32.7 Å². The first kappa shape index (κ1) is 18.7. The van der Waals surface area contributed by atoms with Crippen LogP contribution in [0.1, 0.15) is 0 Å². The van der Waals surface area contributed by atoms with Gasteiger partial charge in [-0.25, -0.2) is 0 Å². The van der Waals surface area contributed by atoms with Crippen LogP contribution in [0.25, 0.3) is 0 Å². The molecule has 0 aliphatic rings. The van der Waals surface area contributed by atoms with Crippen LogP contribution >= 0.6 is 0 Å². The van der Waals surface area contributed by atoms with Crippen molar-refractivity contribution >= 4 is 27.2 Å². The molecule has 0 aromatic rings. The molecule has 4 heavy (non-hydrogen) atoms. The molecule has 1 nitrogen and oxygen atoms in total. The van der Waals surface area contributed by atoms with Crippen LogP contribution in [-0.4, -0.2) is 27.2 Å². The van der Waals surface area contributed by atoms with E-state index >= 15 is 0 Å². The van der Waals surface area contributed by atoms with Crippen LogP contribution in [0.4, 0.5) is 0 Å². The van der Waals surface area contributed by atoms with Gasteiger partial charge < -0.3 is 0 Å². The smallest absolute Gasteiger partial charge is 0 e. The van der Waals surface area contributed by atoms with E-state index in [0.29, 0.717) is 0 Å². The molecule has 2 radical (unpaired) electrons. The number of hydrogen-bond donors (Lipinski definition) is 0. The van der Waals surface area contributed by atoms with Gasteiger partial charge in [0, 0.05) is 21.7 Å². The number of rotatable bonds is 0. The minimum absolute atomic E-state index is 0. The predicted octanol–water partition coefficient (Wildman–Crippen LogP) is -1.69. The maximum absolute atomic E-state index is 8.17. The molecule has 0 bridgehead atoms. The van der Waals surface area contributed by atoms with Gasteiger partial charge in [0.15, 0.2) is 0 Å². The van der Waals surface area contributed by atoms with Gasteiger partial charge >= 0.3 is 20.0 Å². The molecule has 0 fully saturated rings. The Morgan fingerprint density at radius 3 is 1.25 bits per heavy atom. The van der Waals surface area contributed by atoms with Crippen LogP contribution < -0.4 is 0 Å². The summed E-state index contributed by atoms with van der Waals surface area (Å²) in [5.41, 5.74) is 0. The molecule has 0 rings (SSSR count). The summed E-state index contributed by atoms with van der Waals surface area (Å²) in [5.74, 6) is 0. The molecule has 4 heteroatoms. The molecule has 0 amide bonds. The molecule has 0 aliphatic heterocycles. The zero-order valence-electron chi connectivity index (χ0n) is 2.49. The number of hydrogen-bond acceptors (Lipinski definition) is 1. The van der Waals surface area contributed by atoms with Gasteiger partial charge in [-0.15, -0.1) is 0 Å². The molecule has 0 saturated heterocycles. The monoisotopic (exact) mass is 122 g/mol. The van der Waals surface area contributed by atoms with Crippen molar-refractivity contribution in [2.45, 2.75) is 0 Å². The fourth-order valence-electron chi connectivity index (χ4n) is 0. The van der Waals surface area contributed by atoms with Crippen LogP contribution in [0, 0.1) is 0 Å². The van der Waals surface area contributed by atoms with Crippen molar-refractivity contribution < 1.29 is 25.5 Å². The zero-order chi connectivity index (χ0) is 2.00. The Kier molecular flexibility index (Phi) is 133. The first-order valence-corrected chi connectivity index (χ1v) is 0.707. The molecule has 0 aliphatic carbocycles. The molecule has 0 atom stereocenters. The molecular weight excluding hydrogens is 119 g/mol. The quantitative estimate of drug-likeness (QED) is 0.350. The van der Waals surface area contributed by atoms with E-state index in [2.05, 4.69) is 0 Å². The van der Waals surface area contributed by atoms with E-state index in [1.807, 2.05) is 0 Å². The van der Waals surface area contributed by atoms with Crippen LogP contribution in [0.5, 0.6) is 0 Å². The van der Waals surface area contributed by atoms with Gasteiger partial charge in [-0.1, -0.05) is 0 Å². The summed E-state index contributed by atoms with van der Waals surface area (Å²) >= 11 is 1.17. The second kappa shape index (κ2) is 28.4. The van der Waals surface area contributed by atoms with E-state index in [4.69, 9.17) is 3.80 Å². The van der Waals surface area contributed by atoms with Gasteiger partial charge in [0.25, 0.3) is 0 Å². The largest absolute Gasteiger partial charge is 0.0125 e. The van der Waals surface area contributed by atoms with Crippen molar-refractivity contribution in [1.82, 2.24) is 0 Å². The summed E-state index contributed by atoms with van der Waals surface area (Å²) in [7, 11) is 0. The average Bonchev–Trinajstić information content (AvgIpc) is 1.00. The molecule has 0 N–H and O–H groups in total. The molecule has 0 saturated carbocycles. The van der Waals surface area contributed by atoms with Crippen molar-refractivity contribution in [3.63, 3.8) is 0 Å². The van der Waals surface area contributed by atoms with Crippen molar-refractivity contribution in [3.05, 3.63) is 0 Å². The van der Waals surface area contributed by atoms with Crippen molar-refractivity contribution in [2.75, 3.05) is 0 Å². The second-order valence-corrected chi connectivity index (χ2v) is 0. The Morgan fingerprint density at radius 2 is 1.25 bits per heavy atom. The van der Waals surface area contributed by atoms with Crippen molar-refractivity contribution in [3.8, 4) is 0 Å². The average molecular weight is 122 g/mol. The fraction of sp³-hybridized carbons (Fsp3) is 0. The van der Waals surface area contributed by atoms with E-state index in [0.717, 1.165) is 0 Å². The predicted molar refractivity (Wildman–Crippen MR) is 16.4 cm³/mol. The van der Waals surface area contributed by atoms with E-state index in [1.165, 1.54) is 16.2 Å². The van der Waals surface area contributed by atoms with Gasteiger partial charge in [-0.05, 0) is 11.0 Å². The summed E-state index contributed by atoms with van der Waals surface area (Å²) in [6, 6.07) is 0. The third kappa shape index (κ3) is 10.5. The Morgan fingerprint density at radius 1 is 1.25 bits per heavy atom. The standard InChI is InChI=1S/Al.O.H3Si.Ti/h;;1H3;. The maximum Gasteiger partial charge on any atom is 0 e. The van der Waals surface area contributed by atoms with Crippen LogP contribution in [0.3, 0.4) is 0 Å². The summed E-state index contributed by atoms with van der Waals surface area (Å²) in [5, 5.41) is 0. The summed E-state index contributed by atoms with van der Waals surface area (Å²) < 4.78 is 8.17. The maximum atomic E-state index is 8.17. The molecule has 0 aromatic heterocycles. The third-order valence-corrected chi connectivity index (χ3v) is 0. The van der Waals surface area contributed by atoms with E-state index < -0.39 is 0 Å². The molecule has 0 heterocycles. The first-order valence-electron chi connectivity index (χ1n) is 0.236. The Balaban J connectivity index is -0.00000000500. The first-order chi connectivity index (χ1) is 1.00. The van der Waals surface area contributed by atoms with Gasteiger partial charge in [0.1, 0.15) is 0 Å². The van der Waals surface area contributed by atoms with Crippen LogP contribution in [0.2, 0.25) is 0 Å². The van der Waals surface area contributed by atoms with E-state index in [1.54, 1.807) is 0 Å². The van der Waals surface area contributed by atoms with Gasteiger partial charge in [0.2, 0.25) is 0 Å². The third-order valence-electron chi connectivity index (χ3n) is 0. The SMILES string of the molecule is [O]=[Al].[SiH3].[Ti]. The minimum Gasteiger partial charge on any atom is -0.0125 e. The molecule has 0 aromatic carbocycles.